The van der Waals surface area contributed by atoms with Crippen molar-refractivity contribution in [3.8, 4) is 11.3 Å². The second kappa shape index (κ2) is 8.72. The van der Waals surface area contributed by atoms with Crippen LogP contribution in [0.25, 0.3) is 22.3 Å². The fourth-order valence-corrected chi connectivity index (χ4v) is 4.75. The lowest BCUT2D eigenvalue weighted by Gasteiger charge is -2.17. The average molecular weight is 431 g/mol. The van der Waals surface area contributed by atoms with Crippen LogP contribution >= 0.6 is 11.6 Å². The van der Waals surface area contributed by atoms with Crippen LogP contribution in [0.3, 0.4) is 0 Å². The summed E-state index contributed by atoms with van der Waals surface area (Å²) in [5.74, 6) is 0.878. The SMILES string of the molecule is CCc1ccc(-c2cc3c(NCc4ccc(Cl)cc4)ncnc3n2C2CCCC2)cc1. The van der Waals surface area contributed by atoms with E-state index < -0.39 is 0 Å². The van der Waals surface area contributed by atoms with Crippen molar-refractivity contribution in [3.05, 3.63) is 77.1 Å². The number of rotatable bonds is 6. The topological polar surface area (TPSA) is 42.7 Å². The van der Waals surface area contributed by atoms with Gasteiger partial charge in [-0.25, -0.2) is 9.97 Å². The number of fused-ring (bicyclic) bond motifs is 1. The second-order valence-electron chi connectivity index (χ2n) is 8.33. The van der Waals surface area contributed by atoms with E-state index in [1.807, 2.05) is 24.3 Å². The zero-order valence-corrected chi connectivity index (χ0v) is 18.6. The van der Waals surface area contributed by atoms with Crippen LogP contribution in [0.2, 0.25) is 5.02 Å². The maximum Gasteiger partial charge on any atom is 0.146 e. The van der Waals surface area contributed by atoms with Crippen LogP contribution in [0.1, 0.15) is 49.8 Å². The van der Waals surface area contributed by atoms with Gasteiger partial charge >= 0.3 is 0 Å². The van der Waals surface area contributed by atoms with Gasteiger partial charge in [-0.15, -0.1) is 0 Å². The fraction of sp³-hybridized carbons (Fsp3) is 0.308. The summed E-state index contributed by atoms with van der Waals surface area (Å²) in [5, 5.41) is 5.35. The molecule has 1 aliphatic rings. The molecule has 5 rings (SSSR count). The summed E-state index contributed by atoms with van der Waals surface area (Å²) in [6.45, 7) is 2.89. The molecule has 158 valence electrons. The Kier molecular flexibility index (Phi) is 5.65. The van der Waals surface area contributed by atoms with Crippen molar-refractivity contribution in [1.29, 1.82) is 0 Å². The van der Waals surface area contributed by atoms with E-state index in [9.17, 15) is 0 Å². The largest absolute Gasteiger partial charge is 0.365 e. The zero-order chi connectivity index (χ0) is 21.2. The van der Waals surface area contributed by atoms with Gasteiger partial charge in [-0.1, -0.05) is 67.8 Å². The third-order valence-corrected chi connectivity index (χ3v) is 6.60. The molecule has 2 aromatic heterocycles. The number of nitrogens with zero attached hydrogens (tertiary/aromatic N) is 3. The molecule has 31 heavy (non-hydrogen) atoms. The molecule has 0 radical (unpaired) electrons. The van der Waals surface area contributed by atoms with Gasteiger partial charge < -0.3 is 9.88 Å². The molecule has 0 atom stereocenters. The summed E-state index contributed by atoms with van der Waals surface area (Å²) >= 11 is 6.02. The molecule has 0 aliphatic heterocycles. The lowest BCUT2D eigenvalue weighted by atomic mass is 10.1. The van der Waals surface area contributed by atoms with Crippen molar-refractivity contribution in [3.63, 3.8) is 0 Å². The van der Waals surface area contributed by atoms with Gasteiger partial charge in [-0.05, 0) is 54.2 Å². The van der Waals surface area contributed by atoms with E-state index in [1.165, 1.54) is 48.1 Å². The van der Waals surface area contributed by atoms with Crippen LogP contribution < -0.4 is 5.32 Å². The average Bonchev–Trinajstić information content (AvgIpc) is 3.46. The number of aromatic nitrogens is 3. The normalized spacial score (nSPS) is 14.4. The Morgan fingerprint density at radius 2 is 1.68 bits per heavy atom. The molecule has 0 spiro atoms. The number of hydrogen-bond acceptors (Lipinski definition) is 3. The first-order chi connectivity index (χ1) is 15.2. The van der Waals surface area contributed by atoms with E-state index in [1.54, 1.807) is 6.33 Å². The van der Waals surface area contributed by atoms with Gasteiger partial charge in [-0.2, -0.15) is 0 Å². The van der Waals surface area contributed by atoms with Crippen LogP contribution in [0.15, 0.2) is 60.9 Å². The van der Waals surface area contributed by atoms with Gasteiger partial charge in [0.15, 0.2) is 0 Å². The fourth-order valence-electron chi connectivity index (χ4n) is 4.63. The first-order valence-corrected chi connectivity index (χ1v) is 11.5. The quantitative estimate of drug-likeness (QED) is 0.356. The predicted octanol–water partition coefficient (Wildman–Crippen LogP) is 7.04. The van der Waals surface area contributed by atoms with Crippen LogP contribution in [-0.2, 0) is 13.0 Å². The number of benzene rings is 2. The molecule has 4 nitrogen and oxygen atoms in total. The summed E-state index contributed by atoms with van der Waals surface area (Å²) in [7, 11) is 0. The van der Waals surface area contributed by atoms with E-state index in [-0.39, 0.29) is 0 Å². The molecular weight excluding hydrogens is 404 g/mol. The van der Waals surface area contributed by atoms with Gasteiger partial charge in [0.2, 0.25) is 0 Å². The molecule has 5 heteroatoms. The highest BCUT2D eigenvalue weighted by molar-refractivity contribution is 6.30. The standard InChI is InChI=1S/C26H27ClN4/c1-2-18-7-11-20(12-8-18)24-15-23-25(28-16-19-9-13-21(27)14-10-19)29-17-30-26(23)31(24)22-5-3-4-6-22/h7-15,17,22H,2-6,16H2,1H3,(H,28,29,30). The molecule has 1 saturated carbocycles. The van der Waals surface area contributed by atoms with Crippen molar-refractivity contribution in [2.75, 3.05) is 5.32 Å². The van der Waals surface area contributed by atoms with E-state index in [0.717, 1.165) is 28.3 Å². The minimum atomic E-state index is 0.498. The van der Waals surface area contributed by atoms with Gasteiger partial charge in [0, 0.05) is 17.6 Å². The van der Waals surface area contributed by atoms with Gasteiger partial charge in [-0.3, -0.25) is 0 Å². The van der Waals surface area contributed by atoms with Gasteiger partial charge in [0.25, 0.3) is 0 Å². The number of nitrogens with one attached hydrogen (secondary N) is 1. The molecule has 1 fully saturated rings. The molecular formula is C26H27ClN4. The van der Waals surface area contributed by atoms with E-state index in [4.69, 9.17) is 16.6 Å². The van der Waals surface area contributed by atoms with Crippen molar-refractivity contribution >= 4 is 28.5 Å². The monoisotopic (exact) mass is 430 g/mol. The van der Waals surface area contributed by atoms with Crippen molar-refractivity contribution in [2.24, 2.45) is 0 Å². The third-order valence-electron chi connectivity index (χ3n) is 6.35. The maximum atomic E-state index is 6.02. The number of halogens is 1. The highest BCUT2D eigenvalue weighted by Crippen LogP contribution is 2.39. The Morgan fingerprint density at radius 1 is 0.968 bits per heavy atom. The van der Waals surface area contributed by atoms with E-state index in [2.05, 4.69) is 52.1 Å². The molecule has 1 aliphatic carbocycles. The van der Waals surface area contributed by atoms with Crippen LogP contribution in [0, 0.1) is 0 Å². The molecule has 1 N–H and O–H groups in total. The minimum Gasteiger partial charge on any atom is -0.365 e. The zero-order valence-electron chi connectivity index (χ0n) is 17.8. The molecule has 0 amide bonds. The summed E-state index contributed by atoms with van der Waals surface area (Å²) in [5.41, 5.74) is 6.03. The van der Waals surface area contributed by atoms with Gasteiger partial charge in [0.1, 0.15) is 17.8 Å². The van der Waals surface area contributed by atoms with Crippen LogP contribution in [-0.4, -0.2) is 14.5 Å². The highest BCUT2D eigenvalue weighted by atomic mass is 35.5. The lowest BCUT2D eigenvalue weighted by Crippen LogP contribution is -2.08. The van der Waals surface area contributed by atoms with E-state index >= 15 is 0 Å². The Balaban J connectivity index is 1.56. The maximum absolute atomic E-state index is 6.02. The molecule has 0 saturated heterocycles. The van der Waals surface area contributed by atoms with Crippen molar-refractivity contribution in [1.82, 2.24) is 14.5 Å². The lowest BCUT2D eigenvalue weighted by molar-refractivity contribution is 0.537. The smallest absolute Gasteiger partial charge is 0.146 e. The highest BCUT2D eigenvalue weighted by Gasteiger charge is 2.24. The van der Waals surface area contributed by atoms with Crippen LogP contribution in [0.5, 0.6) is 0 Å². The third kappa shape index (κ3) is 4.05. The Labute approximate surface area is 188 Å². The molecule has 2 aromatic carbocycles. The van der Waals surface area contributed by atoms with Crippen LogP contribution in [0.4, 0.5) is 5.82 Å². The summed E-state index contributed by atoms with van der Waals surface area (Å²) in [6, 6.07) is 19.6. The first kappa shape index (κ1) is 20.1. The second-order valence-corrected chi connectivity index (χ2v) is 8.76. The van der Waals surface area contributed by atoms with Crippen molar-refractivity contribution < 1.29 is 0 Å². The Bertz CT molecular complexity index is 1170. The predicted molar refractivity (Wildman–Crippen MR) is 129 cm³/mol. The Morgan fingerprint density at radius 3 is 2.39 bits per heavy atom. The molecule has 4 aromatic rings. The molecule has 2 heterocycles. The summed E-state index contributed by atoms with van der Waals surface area (Å²) in [4.78, 5) is 9.31. The van der Waals surface area contributed by atoms with Gasteiger partial charge in [0.05, 0.1) is 11.1 Å². The summed E-state index contributed by atoms with van der Waals surface area (Å²) < 4.78 is 2.46. The number of anilines is 1. The summed E-state index contributed by atoms with van der Waals surface area (Å²) in [6.07, 6.45) is 7.72. The van der Waals surface area contributed by atoms with E-state index in [0.29, 0.717) is 12.6 Å². The first-order valence-electron chi connectivity index (χ1n) is 11.2. The minimum absolute atomic E-state index is 0.498. The Hall–Kier alpha value is -2.85. The van der Waals surface area contributed by atoms with Crippen molar-refractivity contribution in [2.45, 2.75) is 51.6 Å². The number of aryl methyl sites for hydroxylation is 1. The number of hydrogen-bond donors (Lipinski definition) is 1. The molecule has 0 unspecified atom stereocenters. The molecule has 0 bridgehead atoms.